The lowest BCUT2D eigenvalue weighted by molar-refractivity contribution is -0.133. The molecule has 4 nitrogen and oxygen atoms in total. The number of carbonyl (C=O) groups is 2. The van der Waals surface area contributed by atoms with Gasteiger partial charge in [-0.05, 0) is 25.2 Å². The summed E-state index contributed by atoms with van der Waals surface area (Å²) in [6, 6.07) is 0. The van der Waals surface area contributed by atoms with Crippen molar-refractivity contribution in [3.8, 4) is 0 Å². The summed E-state index contributed by atoms with van der Waals surface area (Å²) >= 11 is 0. The number of nitrogens with zero attached hydrogens (tertiary/aromatic N) is 2. The highest BCUT2D eigenvalue weighted by Gasteiger charge is 2.25. The van der Waals surface area contributed by atoms with Crippen molar-refractivity contribution >= 4 is 11.8 Å². The normalized spacial score (nSPS) is 24.4. The number of hydrogen-bond acceptors (Lipinski definition) is 2. The van der Waals surface area contributed by atoms with Gasteiger partial charge in [0.25, 0.3) is 0 Å². The summed E-state index contributed by atoms with van der Waals surface area (Å²) in [5.74, 6) is 0.848. The van der Waals surface area contributed by atoms with E-state index in [1.54, 1.807) is 0 Å². The van der Waals surface area contributed by atoms with E-state index in [1.165, 1.54) is 0 Å². The van der Waals surface area contributed by atoms with Crippen molar-refractivity contribution < 1.29 is 9.59 Å². The van der Waals surface area contributed by atoms with Gasteiger partial charge in [0, 0.05) is 39.0 Å². The molecule has 2 amide bonds. The lowest BCUT2D eigenvalue weighted by atomic mass is 10.1. The molecule has 0 aliphatic carbocycles. The van der Waals surface area contributed by atoms with Crippen LogP contribution in [0.25, 0.3) is 0 Å². The molecule has 2 saturated heterocycles. The van der Waals surface area contributed by atoms with Gasteiger partial charge < -0.3 is 9.80 Å². The van der Waals surface area contributed by atoms with Crippen LogP contribution in [0.1, 0.15) is 38.5 Å². The molecule has 0 N–H and O–H groups in total. The van der Waals surface area contributed by atoms with Crippen molar-refractivity contribution in [1.29, 1.82) is 0 Å². The molecule has 4 heteroatoms. The first-order valence-electron chi connectivity index (χ1n) is 7.39. The molecule has 0 radical (unpaired) electrons. The van der Waals surface area contributed by atoms with Gasteiger partial charge in [0.2, 0.25) is 11.8 Å². The third kappa shape index (κ3) is 3.82. The molecule has 0 aromatic heterocycles. The molecule has 0 aromatic rings. The van der Waals surface area contributed by atoms with Crippen LogP contribution in [0.15, 0.2) is 12.7 Å². The fourth-order valence-electron chi connectivity index (χ4n) is 2.87. The third-order valence-corrected chi connectivity index (χ3v) is 4.18. The van der Waals surface area contributed by atoms with Crippen LogP contribution in [0.2, 0.25) is 0 Å². The highest BCUT2D eigenvalue weighted by atomic mass is 16.2. The van der Waals surface area contributed by atoms with Crippen molar-refractivity contribution in [2.75, 3.05) is 26.2 Å². The van der Waals surface area contributed by atoms with E-state index in [0.29, 0.717) is 25.3 Å². The van der Waals surface area contributed by atoms with E-state index in [1.807, 2.05) is 15.9 Å². The van der Waals surface area contributed by atoms with Crippen LogP contribution in [0.5, 0.6) is 0 Å². The Balaban J connectivity index is 1.76. The van der Waals surface area contributed by atoms with Crippen LogP contribution < -0.4 is 0 Å². The van der Waals surface area contributed by atoms with Crippen LogP contribution >= 0.6 is 0 Å². The van der Waals surface area contributed by atoms with E-state index in [4.69, 9.17) is 0 Å². The predicted octanol–water partition coefficient (Wildman–Crippen LogP) is 1.81. The Morgan fingerprint density at radius 1 is 1.32 bits per heavy atom. The zero-order chi connectivity index (χ0) is 13.7. The topological polar surface area (TPSA) is 40.6 Å². The van der Waals surface area contributed by atoms with Gasteiger partial charge >= 0.3 is 0 Å². The molecule has 0 spiro atoms. The van der Waals surface area contributed by atoms with Crippen molar-refractivity contribution in [1.82, 2.24) is 9.80 Å². The minimum Gasteiger partial charge on any atom is -0.342 e. The number of rotatable bonds is 4. The number of amides is 2. The van der Waals surface area contributed by atoms with E-state index in [9.17, 15) is 9.59 Å². The molecule has 2 rings (SSSR count). The Kier molecular flexibility index (Phi) is 5.00. The van der Waals surface area contributed by atoms with Crippen LogP contribution in [-0.4, -0.2) is 47.8 Å². The second-order valence-corrected chi connectivity index (χ2v) is 5.57. The SMILES string of the molecule is C=CC1CCN(C(=O)CCN2CCCCCC2=O)C1. The summed E-state index contributed by atoms with van der Waals surface area (Å²) in [4.78, 5) is 27.7. The maximum Gasteiger partial charge on any atom is 0.224 e. The van der Waals surface area contributed by atoms with Crippen molar-refractivity contribution in [3.05, 3.63) is 12.7 Å². The minimum absolute atomic E-state index is 0.182. The largest absolute Gasteiger partial charge is 0.342 e. The zero-order valence-corrected chi connectivity index (χ0v) is 11.6. The van der Waals surface area contributed by atoms with Crippen LogP contribution in [0.4, 0.5) is 0 Å². The van der Waals surface area contributed by atoms with Gasteiger partial charge in [0.05, 0.1) is 0 Å². The summed E-state index contributed by atoms with van der Waals surface area (Å²) < 4.78 is 0. The van der Waals surface area contributed by atoms with Crippen LogP contribution in [0, 0.1) is 5.92 Å². The average Bonchev–Trinajstić information content (AvgIpc) is 2.81. The van der Waals surface area contributed by atoms with Crippen LogP contribution in [-0.2, 0) is 9.59 Å². The van der Waals surface area contributed by atoms with Gasteiger partial charge in [-0.15, -0.1) is 6.58 Å². The monoisotopic (exact) mass is 264 g/mol. The first-order chi connectivity index (χ1) is 9.20. The zero-order valence-electron chi connectivity index (χ0n) is 11.6. The van der Waals surface area contributed by atoms with E-state index in [-0.39, 0.29) is 11.8 Å². The summed E-state index contributed by atoms with van der Waals surface area (Å²) in [5.41, 5.74) is 0. The Bertz CT molecular complexity index is 354. The Morgan fingerprint density at radius 2 is 2.16 bits per heavy atom. The molecule has 1 atom stereocenters. The molecule has 2 aliphatic heterocycles. The molecule has 2 aliphatic rings. The molecule has 0 bridgehead atoms. The standard InChI is InChI=1S/C15H24N2O2/c1-2-13-7-10-17(12-13)15(19)8-11-16-9-5-3-4-6-14(16)18/h2,13H,1,3-12H2. The fourth-order valence-corrected chi connectivity index (χ4v) is 2.87. The summed E-state index contributed by atoms with van der Waals surface area (Å²) in [6.07, 6.45) is 7.28. The van der Waals surface area contributed by atoms with Gasteiger partial charge in [-0.3, -0.25) is 9.59 Å². The highest BCUT2D eigenvalue weighted by molar-refractivity contribution is 5.79. The predicted molar refractivity (Wildman–Crippen MR) is 74.5 cm³/mol. The molecule has 0 aromatic carbocycles. The van der Waals surface area contributed by atoms with Crippen molar-refractivity contribution in [2.45, 2.75) is 38.5 Å². The maximum absolute atomic E-state index is 12.1. The number of carbonyl (C=O) groups excluding carboxylic acids is 2. The van der Waals surface area contributed by atoms with Gasteiger partial charge in [0.15, 0.2) is 0 Å². The second-order valence-electron chi connectivity index (χ2n) is 5.57. The lowest BCUT2D eigenvalue weighted by Crippen LogP contribution is -2.36. The van der Waals surface area contributed by atoms with Crippen molar-refractivity contribution in [2.24, 2.45) is 5.92 Å². The Hall–Kier alpha value is -1.32. The molecular formula is C15H24N2O2. The molecule has 0 saturated carbocycles. The highest BCUT2D eigenvalue weighted by Crippen LogP contribution is 2.18. The summed E-state index contributed by atoms with van der Waals surface area (Å²) in [6.45, 7) is 6.84. The third-order valence-electron chi connectivity index (χ3n) is 4.18. The summed E-state index contributed by atoms with van der Waals surface area (Å²) in [5, 5.41) is 0. The van der Waals surface area contributed by atoms with E-state index < -0.39 is 0 Å². The van der Waals surface area contributed by atoms with Gasteiger partial charge in [-0.2, -0.15) is 0 Å². The lowest BCUT2D eigenvalue weighted by Gasteiger charge is -2.22. The number of hydrogen-bond donors (Lipinski definition) is 0. The van der Waals surface area contributed by atoms with Crippen molar-refractivity contribution in [3.63, 3.8) is 0 Å². The first-order valence-corrected chi connectivity index (χ1v) is 7.39. The quantitative estimate of drug-likeness (QED) is 0.727. The molecule has 2 heterocycles. The molecule has 1 unspecified atom stereocenters. The van der Waals surface area contributed by atoms with E-state index in [0.717, 1.165) is 45.3 Å². The minimum atomic E-state index is 0.182. The smallest absolute Gasteiger partial charge is 0.224 e. The fraction of sp³-hybridized carbons (Fsp3) is 0.733. The molecule has 106 valence electrons. The van der Waals surface area contributed by atoms with Crippen LogP contribution in [0.3, 0.4) is 0 Å². The molecule has 19 heavy (non-hydrogen) atoms. The van der Waals surface area contributed by atoms with E-state index in [2.05, 4.69) is 6.58 Å². The maximum atomic E-state index is 12.1. The second kappa shape index (κ2) is 6.73. The first kappa shape index (κ1) is 14.1. The summed E-state index contributed by atoms with van der Waals surface area (Å²) in [7, 11) is 0. The number of likely N-dealkylation sites (tertiary alicyclic amines) is 2. The van der Waals surface area contributed by atoms with Gasteiger partial charge in [0.1, 0.15) is 0 Å². The Morgan fingerprint density at radius 3 is 2.89 bits per heavy atom. The molecule has 2 fully saturated rings. The molecular weight excluding hydrogens is 240 g/mol. The average molecular weight is 264 g/mol. The van der Waals surface area contributed by atoms with Gasteiger partial charge in [-0.1, -0.05) is 12.5 Å². The Labute approximate surface area is 115 Å². The van der Waals surface area contributed by atoms with Gasteiger partial charge in [-0.25, -0.2) is 0 Å². The van der Waals surface area contributed by atoms with E-state index >= 15 is 0 Å².